The van der Waals surface area contributed by atoms with Gasteiger partial charge in [0.05, 0.1) is 28.3 Å². The topological polar surface area (TPSA) is 84.3 Å². The standard InChI is InChI=1S/C24H31ClN6O2Si/c1-26-24(32)18-12-27-21(25)11-20(18)28-19-8-6-7-17-22-16(13-30(2)23(17)19)14-31(29-22)15-33-9-10-34(3,4)5/h6-8,11-12,14H,9-10,13,15H2,1-5H3,(H,26,32)(H,27,28)/i1D3. The number of pyridine rings is 1. The maximum absolute atomic E-state index is 12.6. The highest BCUT2D eigenvalue weighted by Crippen LogP contribution is 2.43. The van der Waals surface area contributed by atoms with Crippen molar-refractivity contribution >= 4 is 42.6 Å². The van der Waals surface area contributed by atoms with Crippen LogP contribution in [-0.4, -0.2) is 49.4 Å². The van der Waals surface area contributed by atoms with Crippen molar-refractivity contribution in [2.24, 2.45) is 0 Å². The third-order valence-corrected chi connectivity index (χ3v) is 7.55. The molecule has 0 fully saturated rings. The monoisotopic (exact) mass is 501 g/mol. The summed E-state index contributed by atoms with van der Waals surface area (Å²) in [6.45, 7) is 6.09. The van der Waals surface area contributed by atoms with Gasteiger partial charge in [-0.05, 0) is 18.2 Å². The first-order valence-corrected chi connectivity index (χ1v) is 15.1. The molecule has 1 aliphatic rings. The molecule has 2 aromatic heterocycles. The molecule has 0 unspecified atom stereocenters. The molecule has 180 valence electrons. The van der Waals surface area contributed by atoms with Crippen molar-refractivity contribution in [2.45, 2.75) is 39.0 Å². The van der Waals surface area contributed by atoms with Gasteiger partial charge in [0.2, 0.25) is 0 Å². The molecule has 0 atom stereocenters. The molecule has 1 amide bonds. The Labute approximate surface area is 210 Å². The molecule has 4 rings (SSSR count). The van der Waals surface area contributed by atoms with E-state index >= 15 is 0 Å². The number of aromatic nitrogens is 3. The molecule has 34 heavy (non-hydrogen) atoms. The average molecular weight is 502 g/mol. The van der Waals surface area contributed by atoms with E-state index in [9.17, 15) is 4.79 Å². The van der Waals surface area contributed by atoms with Crippen molar-refractivity contribution < 1.29 is 13.6 Å². The van der Waals surface area contributed by atoms with Crippen LogP contribution in [0.3, 0.4) is 0 Å². The number of amides is 1. The molecule has 8 nitrogen and oxygen atoms in total. The number of carbonyl (C=O) groups is 1. The highest BCUT2D eigenvalue weighted by atomic mass is 35.5. The second-order valence-electron chi connectivity index (χ2n) is 9.58. The normalized spacial score (nSPS) is 14.5. The predicted molar refractivity (Wildman–Crippen MR) is 140 cm³/mol. The summed E-state index contributed by atoms with van der Waals surface area (Å²) < 4.78 is 29.8. The molecule has 0 spiro atoms. The molecule has 3 heterocycles. The van der Waals surface area contributed by atoms with E-state index in [2.05, 4.69) is 34.8 Å². The van der Waals surface area contributed by atoms with E-state index in [0.29, 0.717) is 19.0 Å². The van der Waals surface area contributed by atoms with E-state index in [1.807, 2.05) is 41.4 Å². The predicted octanol–water partition coefficient (Wildman–Crippen LogP) is 4.96. The number of hydrogen-bond acceptors (Lipinski definition) is 6. The molecule has 10 heteroatoms. The fourth-order valence-corrected chi connectivity index (χ4v) is 4.83. The van der Waals surface area contributed by atoms with Gasteiger partial charge >= 0.3 is 0 Å². The molecule has 1 aromatic carbocycles. The van der Waals surface area contributed by atoms with Gasteiger partial charge in [-0.2, -0.15) is 5.10 Å². The van der Waals surface area contributed by atoms with Crippen LogP contribution < -0.4 is 15.5 Å². The Kier molecular flexibility index (Phi) is 5.89. The Balaban J connectivity index is 1.62. The van der Waals surface area contributed by atoms with Crippen molar-refractivity contribution in [3.05, 3.63) is 52.9 Å². The Morgan fingerprint density at radius 2 is 2.15 bits per heavy atom. The lowest BCUT2D eigenvalue weighted by molar-refractivity contribution is 0.0787. The van der Waals surface area contributed by atoms with Crippen molar-refractivity contribution in [3.63, 3.8) is 0 Å². The van der Waals surface area contributed by atoms with E-state index in [4.69, 9.17) is 25.5 Å². The van der Waals surface area contributed by atoms with E-state index < -0.39 is 21.0 Å². The maximum Gasteiger partial charge on any atom is 0.254 e. The minimum Gasteiger partial charge on any atom is -0.368 e. The van der Waals surface area contributed by atoms with Crippen LogP contribution in [0.2, 0.25) is 30.8 Å². The zero-order valence-electron chi connectivity index (χ0n) is 22.8. The zero-order valence-corrected chi connectivity index (χ0v) is 21.5. The van der Waals surface area contributed by atoms with Gasteiger partial charge in [-0.3, -0.25) is 4.79 Å². The summed E-state index contributed by atoms with van der Waals surface area (Å²) in [5, 5.41) is 10.2. The van der Waals surface area contributed by atoms with Crippen LogP contribution in [0.1, 0.15) is 20.0 Å². The van der Waals surface area contributed by atoms with Gasteiger partial charge in [0.15, 0.2) is 0 Å². The Morgan fingerprint density at radius 1 is 1.32 bits per heavy atom. The van der Waals surface area contributed by atoms with Gasteiger partial charge in [-0.1, -0.05) is 43.4 Å². The number of benzene rings is 1. The van der Waals surface area contributed by atoms with Gasteiger partial charge in [-0.15, -0.1) is 0 Å². The van der Waals surface area contributed by atoms with Crippen LogP contribution in [0.5, 0.6) is 0 Å². The SMILES string of the molecule is [2H]C([2H])([2H])NC(=O)c1cnc(Cl)cc1Nc1cccc2c1N(C)Cc1cn(COCC[Si](C)(C)C)nc1-2. The van der Waals surface area contributed by atoms with Crippen LogP contribution >= 0.6 is 11.6 Å². The van der Waals surface area contributed by atoms with Crippen molar-refractivity contribution in [3.8, 4) is 11.3 Å². The summed E-state index contributed by atoms with van der Waals surface area (Å²) in [5.41, 5.74) is 4.92. The number of ether oxygens (including phenoxy) is 1. The van der Waals surface area contributed by atoms with Gasteiger partial charge in [-0.25, -0.2) is 9.67 Å². The first-order chi connectivity index (χ1) is 17.3. The molecule has 1 aliphatic heterocycles. The highest BCUT2D eigenvalue weighted by Gasteiger charge is 2.26. The second kappa shape index (κ2) is 9.77. The fourth-order valence-electron chi connectivity index (χ4n) is 3.92. The average Bonchev–Trinajstić information content (AvgIpc) is 3.18. The summed E-state index contributed by atoms with van der Waals surface area (Å²) in [6.07, 6.45) is 3.27. The number of carbonyl (C=O) groups excluding carboxylic acids is 1. The first kappa shape index (κ1) is 20.5. The number of fused-ring (bicyclic) bond motifs is 3. The molecule has 2 N–H and O–H groups in total. The first-order valence-electron chi connectivity index (χ1n) is 12.5. The number of halogens is 1. The number of rotatable bonds is 8. The molecular formula is C24H31ClN6O2Si. The number of hydrogen-bond donors (Lipinski definition) is 2. The molecule has 0 saturated heterocycles. The van der Waals surface area contributed by atoms with E-state index in [1.54, 1.807) is 0 Å². The van der Waals surface area contributed by atoms with Crippen LogP contribution in [-0.2, 0) is 18.0 Å². The molecule has 0 radical (unpaired) electrons. The maximum atomic E-state index is 12.6. The molecule has 3 aromatic rings. The van der Waals surface area contributed by atoms with Crippen LogP contribution in [0, 0.1) is 0 Å². The number of nitrogens with zero attached hydrogens (tertiary/aromatic N) is 4. The van der Waals surface area contributed by atoms with Gasteiger partial charge < -0.3 is 20.3 Å². The van der Waals surface area contributed by atoms with Crippen LogP contribution in [0.25, 0.3) is 11.3 Å². The quantitative estimate of drug-likeness (QED) is 0.258. The minimum absolute atomic E-state index is 0.0667. The largest absolute Gasteiger partial charge is 0.368 e. The Bertz CT molecular complexity index is 1310. The fraction of sp³-hybridized carbons (Fsp3) is 0.375. The Morgan fingerprint density at radius 3 is 2.91 bits per heavy atom. The van der Waals surface area contributed by atoms with E-state index in [-0.39, 0.29) is 10.7 Å². The summed E-state index contributed by atoms with van der Waals surface area (Å²) >= 11 is 6.11. The molecular weight excluding hydrogens is 468 g/mol. The van der Waals surface area contributed by atoms with Crippen LogP contribution in [0.15, 0.2) is 36.7 Å². The number of para-hydroxylation sites is 1. The summed E-state index contributed by atoms with van der Waals surface area (Å²) in [6, 6.07) is 8.38. The Hall–Kier alpha value is -2.88. The molecule has 0 saturated carbocycles. The molecule has 0 aliphatic carbocycles. The second-order valence-corrected chi connectivity index (χ2v) is 15.6. The van der Waals surface area contributed by atoms with Crippen molar-refractivity contribution in [2.75, 3.05) is 30.8 Å². The molecule has 0 bridgehead atoms. The summed E-state index contributed by atoms with van der Waals surface area (Å²) in [5.74, 6) is -0.778. The van der Waals surface area contributed by atoms with Gasteiger partial charge in [0, 0.05) is 62.9 Å². The van der Waals surface area contributed by atoms with Crippen LogP contribution in [0.4, 0.5) is 17.1 Å². The highest BCUT2D eigenvalue weighted by molar-refractivity contribution is 6.76. The third kappa shape index (κ3) is 5.27. The van der Waals surface area contributed by atoms with Crippen molar-refractivity contribution in [1.82, 2.24) is 20.1 Å². The number of nitrogens with one attached hydrogen (secondary N) is 2. The van der Waals surface area contributed by atoms with Gasteiger partial charge in [0.25, 0.3) is 5.91 Å². The lowest BCUT2D eigenvalue weighted by atomic mass is 9.99. The third-order valence-electron chi connectivity index (χ3n) is 5.64. The van der Waals surface area contributed by atoms with E-state index in [1.165, 1.54) is 12.3 Å². The lowest BCUT2D eigenvalue weighted by Crippen LogP contribution is -2.23. The van der Waals surface area contributed by atoms with Gasteiger partial charge in [0.1, 0.15) is 11.9 Å². The van der Waals surface area contributed by atoms with E-state index in [0.717, 1.165) is 40.8 Å². The summed E-state index contributed by atoms with van der Waals surface area (Å²) in [7, 11) is 0.822. The lowest BCUT2D eigenvalue weighted by Gasteiger charge is -2.29. The van der Waals surface area contributed by atoms with Crippen molar-refractivity contribution in [1.29, 1.82) is 0 Å². The zero-order chi connectivity index (χ0) is 27.0. The minimum atomic E-state index is -2.63. The smallest absolute Gasteiger partial charge is 0.254 e. The summed E-state index contributed by atoms with van der Waals surface area (Å²) in [4.78, 5) is 18.7. The number of anilines is 3.